The molecule has 0 saturated heterocycles. The van der Waals surface area contributed by atoms with E-state index in [9.17, 15) is 25.0 Å². The van der Waals surface area contributed by atoms with Crippen LogP contribution in [0.25, 0.3) is 0 Å². The predicted molar refractivity (Wildman–Crippen MR) is 71.8 cm³/mol. The van der Waals surface area contributed by atoms with Gasteiger partial charge in [-0.05, 0) is 11.6 Å². The molecule has 108 valence electrons. The van der Waals surface area contributed by atoms with E-state index in [0.29, 0.717) is 5.56 Å². The van der Waals surface area contributed by atoms with Crippen molar-refractivity contribution in [3.8, 4) is 0 Å². The van der Waals surface area contributed by atoms with Crippen LogP contribution in [0, 0.1) is 20.2 Å². The molecule has 2 aromatic rings. The number of nitrogens with two attached hydrogens (primary N) is 1. The second-order valence-electron chi connectivity index (χ2n) is 4.13. The van der Waals surface area contributed by atoms with E-state index in [4.69, 9.17) is 5.73 Å². The molecular formula is C11H9N5O5. The molecule has 0 fully saturated rings. The average molecular weight is 291 g/mol. The lowest BCUT2D eigenvalue weighted by molar-refractivity contribution is -0.385. The van der Waals surface area contributed by atoms with E-state index in [0.717, 1.165) is 17.0 Å². The fourth-order valence-corrected chi connectivity index (χ4v) is 1.69. The lowest BCUT2D eigenvalue weighted by Gasteiger charge is -2.05. The SMILES string of the molecule is Nc1ccc(Cn2cc([N+](=O)[O-])cnc2=O)cc1[N+](=O)[O-]. The van der Waals surface area contributed by atoms with Crippen molar-refractivity contribution < 1.29 is 9.85 Å². The third-order valence-electron chi connectivity index (χ3n) is 2.70. The van der Waals surface area contributed by atoms with Crippen LogP contribution in [0.4, 0.5) is 17.1 Å². The topological polar surface area (TPSA) is 147 Å². The number of nitrogen functional groups attached to an aromatic ring is 1. The molecule has 0 aliphatic rings. The Morgan fingerprint density at radius 2 is 1.95 bits per heavy atom. The molecule has 0 aliphatic heterocycles. The monoisotopic (exact) mass is 291 g/mol. The maximum Gasteiger partial charge on any atom is 0.348 e. The summed E-state index contributed by atoms with van der Waals surface area (Å²) in [7, 11) is 0. The summed E-state index contributed by atoms with van der Waals surface area (Å²) in [5.74, 6) is 0. The van der Waals surface area contributed by atoms with Gasteiger partial charge in [0.25, 0.3) is 5.69 Å². The van der Waals surface area contributed by atoms with Gasteiger partial charge in [-0.2, -0.15) is 4.98 Å². The summed E-state index contributed by atoms with van der Waals surface area (Å²) >= 11 is 0. The molecule has 1 aromatic carbocycles. The van der Waals surface area contributed by atoms with Gasteiger partial charge in [-0.3, -0.25) is 24.8 Å². The van der Waals surface area contributed by atoms with Gasteiger partial charge in [0.05, 0.1) is 22.6 Å². The summed E-state index contributed by atoms with van der Waals surface area (Å²) in [6.45, 7) is -0.0887. The molecule has 0 aliphatic carbocycles. The van der Waals surface area contributed by atoms with E-state index in [1.54, 1.807) is 0 Å². The first-order valence-corrected chi connectivity index (χ1v) is 5.62. The van der Waals surface area contributed by atoms with E-state index in [2.05, 4.69) is 4.98 Å². The normalized spacial score (nSPS) is 10.3. The molecule has 0 saturated carbocycles. The van der Waals surface area contributed by atoms with Crippen molar-refractivity contribution >= 4 is 17.1 Å². The Balaban J connectivity index is 2.41. The second kappa shape index (κ2) is 5.36. The standard InChI is InChI=1S/C11H9N5O5/c12-9-2-1-7(3-10(9)16(20)21)5-14-6-8(15(18)19)4-13-11(14)17/h1-4,6H,5,12H2. The molecule has 0 spiro atoms. The van der Waals surface area contributed by atoms with Gasteiger partial charge in [0.2, 0.25) is 0 Å². The molecule has 0 amide bonds. The third kappa shape index (κ3) is 3.00. The number of hydrogen-bond acceptors (Lipinski definition) is 7. The largest absolute Gasteiger partial charge is 0.393 e. The van der Waals surface area contributed by atoms with Crippen LogP contribution in [0.15, 0.2) is 35.4 Å². The zero-order valence-electron chi connectivity index (χ0n) is 10.5. The van der Waals surface area contributed by atoms with E-state index in [1.807, 2.05) is 0 Å². The van der Waals surface area contributed by atoms with Crippen molar-refractivity contribution in [2.75, 3.05) is 5.73 Å². The number of rotatable bonds is 4. The third-order valence-corrected chi connectivity index (χ3v) is 2.70. The van der Waals surface area contributed by atoms with Gasteiger partial charge in [-0.15, -0.1) is 0 Å². The van der Waals surface area contributed by atoms with Gasteiger partial charge in [0.1, 0.15) is 11.9 Å². The van der Waals surface area contributed by atoms with E-state index in [-0.39, 0.29) is 23.6 Å². The Labute approximate surface area is 116 Å². The number of aromatic nitrogens is 2. The zero-order valence-corrected chi connectivity index (χ0v) is 10.5. The fourth-order valence-electron chi connectivity index (χ4n) is 1.69. The Morgan fingerprint density at radius 1 is 1.24 bits per heavy atom. The van der Waals surface area contributed by atoms with Crippen LogP contribution in [-0.2, 0) is 6.54 Å². The number of anilines is 1. The average Bonchev–Trinajstić information content (AvgIpc) is 2.42. The maximum absolute atomic E-state index is 11.6. The van der Waals surface area contributed by atoms with Gasteiger partial charge >= 0.3 is 11.4 Å². The van der Waals surface area contributed by atoms with Crippen LogP contribution in [0.3, 0.4) is 0 Å². The summed E-state index contributed by atoms with van der Waals surface area (Å²) < 4.78 is 0.993. The highest BCUT2D eigenvalue weighted by molar-refractivity contribution is 5.59. The Bertz CT molecular complexity index is 785. The Hall–Kier alpha value is -3.30. The molecule has 0 atom stereocenters. The molecule has 10 nitrogen and oxygen atoms in total. The van der Waals surface area contributed by atoms with Crippen LogP contribution >= 0.6 is 0 Å². The molecule has 10 heteroatoms. The summed E-state index contributed by atoms with van der Waals surface area (Å²) in [6, 6.07) is 4.04. The molecule has 1 heterocycles. The number of nitro groups is 2. The molecule has 2 rings (SSSR count). The summed E-state index contributed by atoms with van der Waals surface area (Å²) in [6.07, 6.45) is 1.88. The number of benzene rings is 1. The van der Waals surface area contributed by atoms with Gasteiger partial charge in [-0.25, -0.2) is 4.79 Å². The minimum absolute atomic E-state index is 0.00624. The second-order valence-corrected chi connectivity index (χ2v) is 4.13. The number of nitro benzene ring substituents is 1. The van der Waals surface area contributed by atoms with Crippen molar-refractivity contribution in [1.29, 1.82) is 0 Å². The lowest BCUT2D eigenvalue weighted by Crippen LogP contribution is -2.23. The molecule has 0 unspecified atom stereocenters. The minimum Gasteiger partial charge on any atom is -0.393 e. The highest BCUT2D eigenvalue weighted by Gasteiger charge is 2.14. The smallest absolute Gasteiger partial charge is 0.348 e. The van der Waals surface area contributed by atoms with Crippen LogP contribution in [-0.4, -0.2) is 19.4 Å². The van der Waals surface area contributed by atoms with Crippen molar-refractivity contribution in [3.05, 3.63) is 66.9 Å². The number of hydrogen-bond donors (Lipinski definition) is 1. The van der Waals surface area contributed by atoms with E-state index >= 15 is 0 Å². The molecule has 0 bridgehead atoms. The molecule has 1 aromatic heterocycles. The van der Waals surface area contributed by atoms with Crippen LogP contribution in [0.2, 0.25) is 0 Å². The van der Waals surface area contributed by atoms with Crippen molar-refractivity contribution in [2.24, 2.45) is 0 Å². The van der Waals surface area contributed by atoms with Gasteiger partial charge in [0.15, 0.2) is 0 Å². The van der Waals surface area contributed by atoms with Crippen LogP contribution in [0.1, 0.15) is 5.56 Å². The van der Waals surface area contributed by atoms with Gasteiger partial charge in [0, 0.05) is 6.07 Å². The van der Waals surface area contributed by atoms with Gasteiger partial charge in [-0.1, -0.05) is 6.07 Å². The number of nitrogens with zero attached hydrogens (tertiary/aromatic N) is 4. The minimum atomic E-state index is -0.694. The first-order chi connectivity index (χ1) is 9.88. The van der Waals surface area contributed by atoms with Crippen molar-refractivity contribution in [1.82, 2.24) is 9.55 Å². The molecule has 2 N–H and O–H groups in total. The highest BCUT2D eigenvalue weighted by atomic mass is 16.6. The first kappa shape index (κ1) is 14.1. The first-order valence-electron chi connectivity index (χ1n) is 5.62. The molecular weight excluding hydrogens is 282 g/mol. The summed E-state index contributed by atoms with van der Waals surface area (Å²) in [4.78, 5) is 35.0. The van der Waals surface area contributed by atoms with Crippen molar-refractivity contribution in [3.63, 3.8) is 0 Å². The lowest BCUT2D eigenvalue weighted by atomic mass is 10.1. The van der Waals surface area contributed by atoms with E-state index < -0.39 is 15.5 Å². The predicted octanol–water partition coefficient (Wildman–Crippen LogP) is 0.690. The van der Waals surface area contributed by atoms with Gasteiger partial charge < -0.3 is 5.73 Å². The molecule has 21 heavy (non-hydrogen) atoms. The van der Waals surface area contributed by atoms with Crippen molar-refractivity contribution in [2.45, 2.75) is 6.54 Å². The molecule has 0 radical (unpaired) electrons. The van der Waals surface area contributed by atoms with Crippen LogP contribution in [0.5, 0.6) is 0 Å². The summed E-state index contributed by atoms with van der Waals surface area (Å²) in [5.41, 5.74) is 4.53. The zero-order chi connectivity index (χ0) is 15.6. The quantitative estimate of drug-likeness (QED) is 0.495. The highest BCUT2D eigenvalue weighted by Crippen LogP contribution is 2.22. The fraction of sp³-hybridized carbons (Fsp3) is 0.0909. The summed E-state index contributed by atoms with van der Waals surface area (Å²) in [5, 5.41) is 21.4. The Kier molecular flexibility index (Phi) is 3.61. The van der Waals surface area contributed by atoms with Crippen LogP contribution < -0.4 is 11.4 Å². The Morgan fingerprint density at radius 3 is 2.57 bits per heavy atom. The van der Waals surface area contributed by atoms with E-state index in [1.165, 1.54) is 18.2 Å². The maximum atomic E-state index is 11.6.